The highest BCUT2D eigenvalue weighted by Gasteiger charge is 2.48. The molecule has 3 atom stereocenters. The molecule has 0 unspecified atom stereocenters. The van der Waals surface area contributed by atoms with Crippen LogP contribution in [0.25, 0.3) is 10.9 Å². The van der Waals surface area contributed by atoms with Gasteiger partial charge in [-0.05, 0) is 67.3 Å². The van der Waals surface area contributed by atoms with E-state index in [2.05, 4.69) is 0 Å². The number of nitrogens with two attached hydrogens (primary N) is 1. The summed E-state index contributed by atoms with van der Waals surface area (Å²) in [6.45, 7) is -2.51. The Morgan fingerprint density at radius 2 is 1.70 bits per heavy atom. The second-order valence-corrected chi connectivity index (χ2v) is 12.2. The van der Waals surface area contributed by atoms with E-state index in [1.54, 1.807) is 23.1 Å². The molecule has 1 aromatic heterocycles. The maximum Gasteiger partial charge on any atom is 0.357 e. The summed E-state index contributed by atoms with van der Waals surface area (Å²) in [5, 5.41) is 0.574. The molecular weight excluding hydrogens is 559 g/mol. The van der Waals surface area contributed by atoms with Crippen molar-refractivity contribution in [3.63, 3.8) is 0 Å². The summed E-state index contributed by atoms with van der Waals surface area (Å²) in [7, 11) is 0. The minimum atomic E-state index is -2.02. The zero-order valence-corrected chi connectivity index (χ0v) is 23.9. The van der Waals surface area contributed by atoms with Crippen LogP contribution < -0.4 is 5.73 Å². The van der Waals surface area contributed by atoms with Gasteiger partial charge >= 0.3 is 5.97 Å². The third-order valence-corrected chi connectivity index (χ3v) is 9.70. The van der Waals surface area contributed by atoms with Crippen LogP contribution in [0.4, 0.5) is 13.2 Å². The number of amides is 1. The van der Waals surface area contributed by atoms with E-state index < -0.39 is 43.8 Å². The number of ether oxygens (including phenoxy) is 1. The fourth-order valence-electron chi connectivity index (χ4n) is 7.39. The van der Waals surface area contributed by atoms with E-state index in [4.69, 9.17) is 10.5 Å². The largest absolute Gasteiger partial charge is 0.428 e. The first-order chi connectivity index (χ1) is 20.8. The second kappa shape index (κ2) is 11.8. The van der Waals surface area contributed by atoms with E-state index in [1.165, 1.54) is 10.6 Å². The highest BCUT2D eigenvalue weighted by atomic mass is 19.1. The molecule has 2 fully saturated rings. The van der Waals surface area contributed by atoms with Crippen LogP contribution in [0.3, 0.4) is 0 Å². The molecule has 10 heteroatoms. The molecule has 1 aliphatic carbocycles. The van der Waals surface area contributed by atoms with E-state index in [-0.39, 0.29) is 41.6 Å². The molecule has 2 aliphatic heterocycles. The normalized spacial score (nSPS) is 25.5. The van der Waals surface area contributed by atoms with Gasteiger partial charge in [0.1, 0.15) is 12.4 Å². The van der Waals surface area contributed by atoms with Crippen LogP contribution in [0.1, 0.15) is 59.6 Å². The van der Waals surface area contributed by atoms with E-state index in [0.29, 0.717) is 55.1 Å². The quantitative estimate of drug-likeness (QED) is 0.352. The van der Waals surface area contributed by atoms with Gasteiger partial charge in [0, 0.05) is 36.2 Å². The van der Waals surface area contributed by atoms with Gasteiger partial charge in [-0.3, -0.25) is 14.2 Å². The number of esters is 1. The average molecular weight is 596 g/mol. The lowest BCUT2D eigenvalue weighted by atomic mass is 9.78. The van der Waals surface area contributed by atoms with Crippen LogP contribution in [-0.4, -0.2) is 65.8 Å². The lowest BCUT2D eigenvalue weighted by Gasteiger charge is -2.35. The predicted octanol–water partition coefficient (Wildman–Crippen LogP) is 5.00. The minimum absolute atomic E-state index is 0.0318. The third-order valence-electron chi connectivity index (χ3n) is 9.70. The molecule has 3 heterocycles. The second-order valence-electron chi connectivity index (χ2n) is 12.2. The molecule has 0 spiro atoms. The fraction of sp³-hybridized carbons (Fsp3) is 0.485. The van der Waals surface area contributed by atoms with Gasteiger partial charge in [-0.25, -0.2) is 18.0 Å². The van der Waals surface area contributed by atoms with Crippen molar-refractivity contribution in [3.05, 3.63) is 71.4 Å². The van der Waals surface area contributed by atoms with E-state index in [1.807, 2.05) is 30.3 Å². The van der Waals surface area contributed by atoms with E-state index in [0.717, 1.165) is 5.56 Å². The molecule has 2 N–H and O–H groups in total. The maximum atomic E-state index is 14.1. The summed E-state index contributed by atoms with van der Waals surface area (Å²) in [5.74, 6) is -1.24. The Morgan fingerprint density at radius 1 is 0.977 bits per heavy atom. The first kappa shape index (κ1) is 29.4. The lowest BCUT2D eigenvalue weighted by Crippen LogP contribution is -2.47. The molecule has 3 aliphatic rings. The Balaban J connectivity index is 1.26. The zero-order valence-electron chi connectivity index (χ0n) is 23.9. The molecule has 228 valence electrons. The van der Waals surface area contributed by atoms with Crippen molar-refractivity contribution in [3.8, 4) is 0 Å². The molecule has 1 amide bonds. The average Bonchev–Trinajstić information content (AvgIpc) is 3.73. The van der Waals surface area contributed by atoms with Gasteiger partial charge in [-0.15, -0.1) is 0 Å². The van der Waals surface area contributed by atoms with Crippen LogP contribution in [0.5, 0.6) is 0 Å². The lowest BCUT2D eigenvalue weighted by molar-refractivity contribution is -0.142. The van der Waals surface area contributed by atoms with Gasteiger partial charge in [-0.1, -0.05) is 36.4 Å². The standard InChI is InChI=1S/C33H36F3N3O4/c34-17-26(37)22-7-9-23(10-8-22)31(41)38-13-12-25(21-4-2-1-3-5-21)30(38)29(40)15-20-6-11-27-24(14-20)16-28-32(42)43-33(18-35,19-36)39(27)28/h1-6,11,14,16,22-23,25-26,30H,7-10,12-13,15,17-19,37H2/t22?,23?,25-,26+,30-/m0/s1. The molecule has 0 bridgehead atoms. The maximum absolute atomic E-state index is 14.1. The fourth-order valence-corrected chi connectivity index (χ4v) is 7.39. The Bertz CT molecular complexity index is 1510. The number of nitrogens with zero attached hydrogens (tertiary/aromatic N) is 2. The summed E-state index contributed by atoms with van der Waals surface area (Å²) in [4.78, 5) is 42.1. The van der Waals surface area contributed by atoms with Crippen molar-refractivity contribution in [2.45, 2.75) is 62.3 Å². The Labute approximate surface area is 248 Å². The van der Waals surface area contributed by atoms with Crippen LogP contribution in [-0.2, 0) is 26.5 Å². The Kier molecular flexibility index (Phi) is 8.06. The van der Waals surface area contributed by atoms with Crippen molar-refractivity contribution in [2.24, 2.45) is 17.6 Å². The number of cyclic esters (lactones) is 1. The van der Waals surface area contributed by atoms with Crippen molar-refractivity contribution >= 4 is 28.6 Å². The number of hydrogen-bond acceptors (Lipinski definition) is 5. The number of carbonyl (C=O) groups excluding carboxylic acids is 3. The number of rotatable bonds is 9. The number of benzene rings is 2. The number of aromatic nitrogens is 1. The van der Waals surface area contributed by atoms with Crippen molar-refractivity contribution in [2.75, 3.05) is 26.6 Å². The number of carbonyl (C=O) groups is 3. The van der Waals surface area contributed by atoms with Crippen LogP contribution >= 0.6 is 0 Å². The van der Waals surface area contributed by atoms with Gasteiger partial charge in [0.05, 0.1) is 11.6 Å². The smallest absolute Gasteiger partial charge is 0.357 e. The topological polar surface area (TPSA) is 94.6 Å². The van der Waals surface area contributed by atoms with Crippen molar-refractivity contribution in [1.82, 2.24) is 9.47 Å². The third kappa shape index (κ3) is 5.13. The number of hydrogen-bond donors (Lipinski definition) is 1. The molecule has 43 heavy (non-hydrogen) atoms. The molecular formula is C33H36F3N3O4. The Hall–Kier alpha value is -3.66. The van der Waals surface area contributed by atoms with E-state index >= 15 is 0 Å². The molecule has 7 nitrogen and oxygen atoms in total. The van der Waals surface area contributed by atoms with Gasteiger partial charge in [-0.2, -0.15) is 0 Å². The molecule has 1 saturated heterocycles. The molecule has 0 radical (unpaired) electrons. The number of likely N-dealkylation sites (tertiary alicyclic amines) is 1. The predicted molar refractivity (Wildman–Crippen MR) is 155 cm³/mol. The molecule has 3 aromatic rings. The SMILES string of the molecule is N[C@H](CF)C1CCC(C(=O)N2CC[C@@H](c3ccccc3)[C@H]2C(=O)Cc2ccc3c(c2)cc2n3C(CF)(CF)OC2=O)CC1. The summed E-state index contributed by atoms with van der Waals surface area (Å²) < 4.78 is 47.2. The van der Waals surface area contributed by atoms with Crippen LogP contribution in [0, 0.1) is 11.8 Å². The monoisotopic (exact) mass is 595 g/mol. The Morgan fingerprint density at radius 3 is 2.37 bits per heavy atom. The molecule has 1 saturated carbocycles. The highest BCUT2D eigenvalue weighted by Crippen LogP contribution is 2.40. The summed E-state index contributed by atoms with van der Waals surface area (Å²) >= 11 is 0. The first-order valence-corrected chi connectivity index (χ1v) is 15.0. The molecule has 2 aromatic carbocycles. The zero-order chi connectivity index (χ0) is 30.3. The summed E-state index contributed by atoms with van der Waals surface area (Å²) in [6.07, 6.45) is 3.35. The van der Waals surface area contributed by atoms with Crippen LogP contribution in [0.15, 0.2) is 54.6 Å². The summed E-state index contributed by atoms with van der Waals surface area (Å²) in [5.41, 5.74) is 6.08. The van der Waals surface area contributed by atoms with Gasteiger partial charge in [0.25, 0.3) is 0 Å². The number of Topliss-reactive ketones (excluding diaryl/α,β-unsaturated/α-hetero) is 1. The number of alkyl halides is 3. The van der Waals surface area contributed by atoms with Crippen molar-refractivity contribution in [1.29, 1.82) is 0 Å². The van der Waals surface area contributed by atoms with Crippen molar-refractivity contribution < 1.29 is 32.3 Å². The van der Waals surface area contributed by atoms with Gasteiger partial charge in [0.2, 0.25) is 11.6 Å². The highest BCUT2D eigenvalue weighted by molar-refractivity contribution is 5.99. The van der Waals surface area contributed by atoms with Gasteiger partial charge in [0.15, 0.2) is 19.1 Å². The first-order valence-electron chi connectivity index (χ1n) is 15.0. The minimum Gasteiger partial charge on any atom is -0.428 e. The van der Waals surface area contributed by atoms with Crippen LogP contribution in [0.2, 0.25) is 0 Å². The molecule has 6 rings (SSSR count). The van der Waals surface area contributed by atoms with E-state index in [9.17, 15) is 27.6 Å². The number of ketones is 1. The number of halogens is 3. The summed E-state index contributed by atoms with van der Waals surface area (Å²) in [6, 6.07) is 15.2. The number of fused-ring (bicyclic) bond motifs is 3. The van der Waals surface area contributed by atoms with Gasteiger partial charge < -0.3 is 15.4 Å².